The number of likely N-dealkylation sites (N-methyl/N-ethyl adjacent to an activating group) is 1. The Balaban J connectivity index is 1.33. The number of ether oxygens (including phenoxy) is 2. The first-order chi connectivity index (χ1) is 20.5. The number of aliphatic hydroxyl groups excluding tert-OH is 1. The fourth-order valence-corrected chi connectivity index (χ4v) is 5.32. The number of nitrogens with one attached hydrogen (secondary N) is 1. The van der Waals surface area contributed by atoms with Crippen molar-refractivity contribution in [3.8, 4) is 11.1 Å². The van der Waals surface area contributed by atoms with Gasteiger partial charge in [0.2, 0.25) is 0 Å². The van der Waals surface area contributed by atoms with E-state index in [0.717, 1.165) is 52.9 Å². The molecule has 0 saturated carbocycles. The predicted octanol–water partition coefficient (Wildman–Crippen LogP) is 6.44. The smallest absolute Gasteiger partial charge is 0.251 e. The van der Waals surface area contributed by atoms with E-state index >= 15 is 0 Å². The molecule has 216 valence electrons. The number of benzene rings is 4. The van der Waals surface area contributed by atoms with Crippen LogP contribution in [0.25, 0.3) is 11.1 Å². The summed E-state index contributed by atoms with van der Waals surface area (Å²) in [5.41, 5.74) is 6.69. The number of carbonyl (C=O) groups is 1. The van der Waals surface area contributed by atoms with Crippen LogP contribution in [0.15, 0.2) is 116 Å². The maximum atomic E-state index is 12.6. The molecule has 1 aliphatic heterocycles. The van der Waals surface area contributed by atoms with Crippen molar-refractivity contribution in [1.82, 2.24) is 10.2 Å². The summed E-state index contributed by atoms with van der Waals surface area (Å²) < 4.78 is 13.0. The molecule has 0 aliphatic carbocycles. The average molecular weight is 563 g/mol. The number of hydrogen-bond donors (Lipinski definition) is 2. The van der Waals surface area contributed by atoms with Crippen LogP contribution in [0.1, 0.15) is 51.4 Å². The third-order valence-electron chi connectivity index (χ3n) is 7.56. The summed E-state index contributed by atoms with van der Waals surface area (Å²) in [6, 6.07) is 33.6. The average Bonchev–Trinajstić information content (AvgIpc) is 3.04. The maximum absolute atomic E-state index is 12.6. The van der Waals surface area contributed by atoms with Crippen molar-refractivity contribution >= 4 is 5.91 Å². The van der Waals surface area contributed by atoms with E-state index in [9.17, 15) is 9.90 Å². The standard InChI is InChI=1S/C36H38N2O4/c1-3-21-38(2)24-32-22-34(28-15-13-26(25-39)14-16-28)42-36(41-32)30-19-17-27(18-20-30)33-12-8-7-11-31(33)23-37-35(40)29-9-5-4-6-10-29/h3-20,32,34,36,39H,1,21-25H2,2H3,(H,37,40)/t32-,34+,36+/m0/s1. The molecule has 1 aliphatic rings. The highest BCUT2D eigenvalue weighted by Gasteiger charge is 2.32. The molecule has 0 unspecified atom stereocenters. The van der Waals surface area contributed by atoms with Crippen LogP contribution in [-0.4, -0.2) is 42.2 Å². The van der Waals surface area contributed by atoms with Gasteiger partial charge in [-0.1, -0.05) is 97.1 Å². The van der Waals surface area contributed by atoms with Gasteiger partial charge < -0.3 is 24.8 Å². The van der Waals surface area contributed by atoms with E-state index in [-0.39, 0.29) is 24.7 Å². The third-order valence-corrected chi connectivity index (χ3v) is 7.56. The SMILES string of the molecule is C=CCN(C)C[C@@H]1C[C@H](c2ccc(CO)cc2)O[C@H](c2ccc(-c3ccccc3CNC(=O)c3ccccc3)cc2)O1. The van der Waals surface area contributed by atoms with Crippen molar-refractivity contribution < 1.29 is 19.4 Å². The summed E-state index contributed by atoms with van der Waals surface area (Å²) in [5.74, 6) is -0.0961. The molecule has 0 spiro atoms. The van der Waals surface area contributed by atoms with Crippen LogP contribution in [0.2, 0.25) is 0 Å². The fraction of sp³-hybridized carbons (Fsp3) is 0.250. The summed E-state index contributed by atoms with van der Waals surface area (Å²) in [4.78, 5) is 14.8. The highest BCUT2D eigenvalue weighted by molar-refractivity contribution is 5.94. The molecule has 1 fully saturated rings. The van der Waals surface area contributed by atoms with Gasteiger partial charge in [0.25, 0.3) is 5.91 Å². The first-order valence-corrected chi connectivity index (χ1v) is 14.4. The van der Waals surface area contributed by atoms with Crippen LogP contribution < -0.4 is 5.32 Å². The van der Waals surface area contributed by atoms with E-state index in [4.69, 9.17) is 9.47 Å². The highest BCUT2D eigenvalue weighted by Crippen LogP contribution is 2.38. The van der Waals surface area contributed by atoms with Gasteiger partial charge in [0.05, 0.1) is 18.8 Å². The number of carbonyl (C=O) groups excluding carboxylic acids is 1. The van der Waals surface area contributed by atoms with Crippen molar-refractivity contribution in [2.75, 3.05) is 20.1 Å². The third kappa shape index (κ3) is 7.41. The largest absolute Gasteiger partial charge is 0.392 e. The second-order valence-electron chi connectivity index (χ2n) is 10.7. The lowest BCUT2D eigenvalue weighted by molar-refractivity contribution is -0.252. The van der Waals surface area contributed by atoms with E-state index in [1.54, 1.807) is 0 Å². The van der Waals surface area contributed by atoms with Gasteiger partial charge >= 0.3 is 0 Å². The molecule has 1 amide bonds. The van der Waals surface area contributed by atoms with Gasteiger partial charge in [0, 0.05) is 37.2 Å². The molecule has 4 aromatic rings. The quantitative estimate of drug-likeness (QED) is 0.206. The molecule has 3 atom stereocenters. The molecule has 5 rings (SSSR count). The van der Waals surface area contributed by atoms with Crippen molar-refractivity contribution in [2.45, 2.75) is 38.1 Å². The van der Waals surface area contributed by atoms with Crippen molar-refractivity contribution in [1.29, 1.82) is 0 Å². The molecule has 0 aromatic heterocycles. The zero-order valence-corrected chi connectivity index (χ0v) is 24.0. The lowest BCUT2D eigenvalue weighted by Gasteiger charge is -2.37. The first-order valence-electron chi connectivity index (χ1n) is 14.4. The molecule has 6 heteroatoms. The Morgan fingerprint density at radius 1 is 0.929 bits per heavy atom. The molecular weight excluding hydrogens is 524 g/mol. The maximum Gasteiger partial charge on any atom is 0.251 e. The Bertz CT molecular complexity index is 1450. The number of hydrogen-bond acceptors (Lipinski definition) is 5. The van der Waals surface area contributed by atoms with Gasteiger partial charge in [-0.3, -0.25) is 4.79 Å². The Labute approximate surface area is 248 Å². The summed E-state index contributed by atoms with van der Waals surface area (Å²) in [6.07, 6.45) is 1.96. The molecule has 4 aromatic carbocycles. The second kappa shape index (κ2) is 14.2. The number of aliphatic hydroxyl groups is 1. The van der Waals surface area contributed by atoms with Gasteiger partial charge in [-0.2, -0.15) is 0 Å². The summed E-state index contributed by atoms with van der Waals surface area (Å²) >= 11 is 0. The molecular formula is C36H38N2O4. The minimum Gasteiger partial charge on any atom is -0.392 e. The van der Waals surface area contributed by atoms with Crippen LogP contribution >= 0.6 is 0 Å². The van der Waals surface area contributed by atoms with Crippen molar-refractivity contribution in [2.24, 2.45) is 0 Å². The monoisotopic (exact) mass is 562 g/mol. The van der Waals surface area contributed by atoms with Crippen molar-refractivity contribution in [3.05, 3.63) is 144 Å². The first kappa shape index (κ1) is 29.4. The number of nitrogens with zero attached hydrogens (tertiary/aromatic N) is 1. The van der Waals surface area contributed by atoms with Crippen molar-refractivity contribution in [3.63, 3.8) is 0 Å². The number of rotatable bonds is 11. The van der Waals surface area contributed by atoms with Crippen LogP contribution in [0.5, 0.6) is 0 Å². The Hall–Kier alpha value is -4.07. The van der Waals surface area contributed by atoms with Crippen LogP contribution in [0.4, 0.5) is 0 Å². The van der Waals surface area contributed by atoms with Gasteiger partial charge in [0.15, 0.2) is 6.29 Å². The second-order valence-corrected chi connectivity index (χ2v) is 10.7. The number of amides is 1. The van der Waals surface area contributed by atoms with E-state index in [1.807, 2.05) is 78.9 Å². The summed E-state index contributed by atoms with van der Waals surface area (Å²) in [6.45, 7) is 5.84. The van der Waals surface area contributed by atoms with E-state index in [0.29, 0.717) is 12.1 Å². The van der Waals surface area contributed by atoms with Crippen LogP contribution in [0.3, 0.4) is 0 Å². The van der Waals surface area contributed by atoms with Gasteiger partial charge in [0.1, 0.15) is 0 Å². The molecule has 1 heterocycles. The molecule has 0 radical (unpaired) electrons. The Morgan fingerprint density at radius 3 is 2.33 bits per heavy atom. The van der Waals surface area contributed by atoms with Gasteiger partial charge in [-0.25, -0.2) is 0 Å². The lowest BCUT2D eigenvalue weighted by Crippen LogP contribution is -2.37. The minimum atomic E-state index is -0.516. The topological polar surface area (TPSA) is 71.0 Å². The van der Waals surface area contributed by atoms with Gasteiger partial charge in [-0.15, -0.1) is 6.58 Å². The minimum absolute atomic E-state index is 0.0153. The summed E-state index contributed by atoms with van der Waals surface area (Å²) in [5, 5.41) is 12.5. The highest BCUT2D eigenvalue weighted by atomic mass is 16.7. The molecule has 6 nitrogen and oxygen atoms in total. The molecule has 1 saturated heterocycles. The van der Waals surface area contributed by atoms with Crippen LogP contribution in [-0.2, 0) is 22.6 Å². The lowest BCUT2D eigenvalue weighted by atomic mass is 9.97. The van der Waals surface area contributed by atoms with E-state index < -0.39 is 6.29 Å². The van der Waals surface area contributed by atoms with Crippen LogP contribution in [0, 0.1) is 0 Å². The normalized spacial score (nSPS) is 18.5. The molecule has 0 bridgehead atoms. The zero-order valence-electron chi connectivity index (χ0n) is 24.0. The Kier molecular flexibility index (Phi) is 9.95. The van der Waals surface area contributed by atoms with Gasteiger partial charge in [-0.05, 0) is 47.0 Å². The fourth-order valence-electron chi connectivity index (χ4n) is 5.32. The molecule has 42 heavy (non-hydrogen) atoms. The predicted molar refractivity (Wildman–Crippen MR) is 166 cm³/mol. The van der Waals surface area contributed by atoms with E-state index in [1.165, 1.54) is 0 Å². The van der Waals surface area contributed by atoms with E-state index in [2.05, 4.69) is 54.2 Å². The summed E-state index contributed by atoms with van der Waals surface area (Å²) in [7, 11) is 2.06. The zero-order chi connectivity index (χ0) is 29.3. The molecule has 2 N–H and O–H groups in total. The Morgan fingerprint density at radius 2 is 1.62 bits per heavy atom.